The minimum Gasteiger partial charge on any atom is -0.493 e. The molecule has 0 saturated carbocycles. The Morgan fingerprint density at radius 2 is 2.14 bits per heavy atom. The minimum atomic E-state index is 0.434. The molecule has 5 nitrogen and oxygen atoms in total. The van der Waals surface area contributed by atoms with Crippen molar-refractivity contribution in [2.75, 3.05) is 40.0 Å². The number of methoxy groups -OCH3 is 1. The van der Waals surface area contributed by atoms with E-state index in [1.54, 1.807) is 25.3 Å². The topological polar surface area (TPSA) is 48.0 Å². The lowest BCUT2D eigenvalue weighted by molar-refractivity contribution is 0.0161. The molecule has 0 amide bonds. The number of aldehydes is 1. The van der Waals surface area contributed by atoms with Crippen LogP contribution in [0.15, 0.2) is 18.2 Å². The van der Waals surface area contributed by atoms with Crippen LogP contribution in [-0.2, 0) is 4.74 Å². The van der Waals surface area contributed by atoms with E-state index in [2.05, 4.69) is 11.8 Å². The molecule has 116 valence electrons. The number of carbonyl (C=O) groups is 1. The summed E-state index contributed by atoms with van der Waals surface area (Å²) < 4.78 is 16.4. The zero-order chi connectivity index (χ0) is 15.1. The molecule has 1 heterocycles. The standard InChI is InChI=1S/C16H23NO4/c1-13(17-7-10-20-11-8-17)6-9-21-16-14(12-18)4-3-5-15(16)19-2/h3-5,12-13H,6-11H2,1-2H3. The first-order valence-corrected chi connectivity index (χ1v) is 7.33. The van der Waals surface area contributed by atoms with Crippen molar-refractivity contribution < 1.29 is 19.0 Å². The highest BCUT2D eigenvalue weighted by atomic mass is 16.5. The summed E-state index contributed by atoms with van der Waals surface area (Å²) in [5, 5.41) is 0. The summed E-state index contributed by atoms with van der Waals surface area (Å²) in [6.45, 7) is 6.28. The number of hydrogen-bond acceptors (Lipinski definition) is 5. The van der Waals surface area contributed by atoms with Gasteiger partial charge in [0.05, 0.1) is 32.5 Å². The molecule has 21 heavy (non-hydrogen) atoms. The maximum absolute atomic E-state index is 11.1. The van der Waals surface area contributed by atoms with Crippen LogP contribution in [0.4, 0.5) is 0 Å². The van der Waals surface area contributed by atoms with Crippen LogP contribution in [0.3, 0.4) is 0 Å². The van der Waals surface area contributed by atoms with Gasteiger partial charge in [-0.1, -0.05) is 6.07 Å². The molecule has 5 heteroatoms. The summed E-state index contributed by atoms with van der Waals surface area (Å²) in [6, 6.07) is 5.75. The molecule has 0 bridgehead atoms. The number of rotatable bonds is 7. The molecule has 0 spiro atoms. The molecule has 0 aliphatic carbocycles. The molecule has 1 saturated heterocycles. The van der Waals surface area contributed by atoms with Crippen LogP contribution in [0.5, 0.6) is 11.5 Å². The summed E-state index contributed by atoms with van der Waals surface area (Å²) in [4.78, 5) is 13.5. The van der Waals surface area contributed by atoms with E-state index in [4.69, 9.17) is 14.2 Å². The lowest BCUT2D eigenvalue weighted by Crippen LogP contribution is -2.42. The summed E-state index contributed by atoms with van der Waals surface area (Å²) in [5.74, 6) is 1.13. The Morgan fingerprint density at radius 1 is 1.38 bits per heavy atom. The fourth-order valence-corrected chi connectivity index (χ4v) is 2.47. The molecular weight excluding hydrogens is 270 g/mol. The smallest absolute Gasteiger partial charge is 0.171 e. The molecule has 1 aromatic rings. The second-order valence-electron chi connectivity index (χ2n) is 5.13. The fourth-order valence-electron chi connectivity index (χ4n) is 2.47. The number of para-hydroxylation sites is 1. The normalized spacial score (nSPS) is 17.2. The molecule has 0 radical (unpaired) electrons. The van der Waals surface area contributed by atoms with E-state index in [0.29, 0.717) is 29.7 Å². The number of ether oxygens (including phenoxy) is 3. The first-order chi connectivity index (χ1) is 10.3. The summed E-state index contributed by atoms with van der Waals surface area (Å²) in [7, 11) is 1.58. The summed E-state index contributed by atoms with van der Waals surface area (Å²) in [6.07, 6.45) is 1.69. The fraction of sp³-hybridized carbons (Fsp3) is 0.562. The van der Waals surface area contributed by atoms with E-state index < -0.39 is 0 Å². The van der Waals surface area contributed by atoms with Crippen LogP contribution in [0, 0.1) is 0 Å². The Kier molecular flexibility index (Phi) is 6.02. The van der Waals surface area contributed by atoms with Crippen molar-refractivity contribution in [2.24, 2.45) is 0 Å². The van der Waals surface area contributed by atoms with Crippen molar-refractivity contribution in [2.45, 2.75) is 19.4 Å². The van der Waals surface area contributed by atoms with Gasteiger partial charge in [-0.2, -0.15) is 0 Å². The second-order valence-corrected chi connectivity index (χ2v) is 5.13. The van der Waals surface area contributed by atoms with Crippen LogP contribution < -0.4 is 9.47 Å². The summed E-state index contributed by atoms with van der Waals surface area (Å²) >= 11 is 0. The maximum atomic E-state index is 11.1. The summed E-state index contributed by atoms with van der Waals surface area (Å²) in [5.41, 5.74) is 0.522. The average molecular weight is 293 g/mol. The van der Waals surface area contributed by atoms with Gasteiger partial charge in [-0.15, -0.1) is 0 Å². The maximum Gasteiger partial charge on any atom is 0.171 e. The van der Waals surface area contributed by atoms with Crippen LogP contribution in [0.2, 0.25) is 0 Å². The number of morpholine rings is 1. The van der Waals surface area contributed by atoms with E-state index in [0.717, 1.165) is 39.0 Å². The number of nitrogens with zero attached hydrogens (tertiary/aromatic N) is 1. The SMILES string of the molecule is COc1cccc(C=O)c1OCCC(C)N1CCOCC1. The molecule has 1 aliphatic heterocycles. The Bertz CT molecular complexity index is 458. The van der Waals surface area contributed by atoms with Gasteiger partial charge in [0.1, 0.15) is 0 Å². The van der Waals surface area contributed by atoms with Crippen LogP contribution >= 0.6 is 0 Å². The largest absolute Gasteiger partial charge is 0.493 e. The van der Waals surface area contributed by atoms with Gasteiger partial charge in [-0.3, -0.25) is 9.69 Å². The highest BCUT2D eigenvalue weighted by Crippen LogP contribution is 2.30. The third-order valence-corrected chi connectivity index (χ3v) is 3.81. The zero-order valence-corrected chi connectivity index (χ0v) is 12.7. The third-order valence-electron chi connectivity index (χ3n) is 3.81. The second kappa shape index (κ2) is 8.00. The predicted molar refractivity (Wildman–Crippen MR) is 80.3 cm³/mol. The average Bonchev–Trinajstić information content (AvgIpc) is 2.55. The Balaban J connectivity index is 1.89. The number of carbonyl (C=O) groups excluding carboxylic acids is 1. The molecule has 0 N–H and O–H groups in total. The number of hydrogen-bond donors (Lipinski definition) is 0. The molecule has 1 aliphatic rings. The van der Waals surface area contributed by atoms with E-state index in [9.17, 15) is 4.79 Å². The molecular formula is C16H23NO4. The third kappa shape index (κ3) is 4.19. The lowest BCUT2D eigenvalue weighted by atomic mass is 10.2. The van der Waals surface area contributed by atoms with Gasteiger partial charge in [0, 0.05) is 19.1 Å². The van der Waals surface area contributed by atoms with Crippen LogP contribution in [0.25, 0.3) is 0 Å². The van der Waals surface area contributed by atoms with Crippen molar-refractivity contribution in [3.8, 4) is 11.5 Å². The van der Waals surface area contributed by atoms with Crippen molar-refractivity contribution in [1.29, 1.82) is 0 Å². The van der Waals surface area contributed by atoms with E-state index in [1.165, 1.54) is 0 Å². The molecule has 0 aromatic heterocycles. The molecule has 1 aromatic carbocycles. The quantitative estimate of drug-likeness (QED) is 0.720. The lowest BCUT2D eigenvalue weighted by Gasteiger charge is -2.32. The molecule has 1 unspecified atom stereocenters. The highest BCUT2D eigenvalue weighted by Gasteiger charge is 2.17. The van der Waals surface area contributed by atoms with Crippen molar-refractivity contribution >= 4 is 6.29 Å². The minimum absolute atomic E-state index is 0.434. The van der Waals surface area contributed by atoms with E-state index >= 15 is 0 Å². The molecule has 1 atom stereocenters. The van der Waals surface area contributed by atoms with Crippen LogP contribution in [0.1, 0.15) is 23.7 Å². The van der Waals surface area contributed by atoms with Gasteiger partial charge < -0.3 is 14.2 Å². The molecule has 1 fully saturated rings. The first-order valence-electron chi connectivity index (χ1n) is 7.33. The van der Waals surface area contributed by atoms with Crippen molar-refractivity contribution in [1.82, 2.24) is 4.90 Å². The first kappa shape index (κ1) is 15.8. The Labute approximate surface area is 125 Å². The van der Waals surface area contributed by atoms with E-state index in [1.807, 2.05) is 0 Å². The monoisotopic (exact) mass is 293 g/mol. The number of benzene rings is 1. The predicted octanol–water partition coefficient (Wildman–Crippen LogP) is 2.00. The Morgan fingerprint density at radius 3 is 2.81 bits per heavy atom. The molecule has 2 rings (SSSR count). The van der Waals surface area contributed by atoms with E-state index in [-0.39, 0.29) is 0 Å². The van der Waals surface area contributed by atoms with Gasteiger partial charge in [-0.05, 0) is 25.5 Å². The van der Waals surface area contributed by atoms with Gasteiger partial charge >= 0.3 is 0 Å². The van der Waals surface area contributed by atoms with Crippen molar-refractivity contribution in [3.05, 3.63) is 23.8 Å². The van der Waals surface area contributed by atoms with Crippen LogP contribution in [-0.4, -0.2) is 57.2 Å². The van der Waals surface area contributed by atoms with Crippen molar-refractivity contribution in [3.63, 3.8) is 0 Å². The van der Waals surface area contributed by atoms with Gasteiger partial charge in [-0.25, -0.2) is 0 Å². The Hall–Kier alpha value is -1.59. The highest BCUT2D eigenvalue weighted by molar-refractivity contribution is 5.81. The zero-order valence-electron chi connectivity index (χ0n) is 12.7. The van der Waals surface area contributed by atoms with Gasteiger partial charge in [0.2, 0.25) is 0 Å². The van der Waals surface area contributed by atoms with Gasteiger partial charge in [0.15, 0.2) is 17.8 Å². The van der Waals surface area contributed by atoms with Gasteiger partial charge in [0.25, 0.3) is 0 Å².